The Bertz CT molecular complexity index is 4300. The molecule has 6 heterocycles. The molecule has 0 unspecified atom stereocenters. The summed E-state index contributed by atoms with van der Waals surface area (Å²) in [5, 5.41) is 13.0. The molecule has 2 aliphatic heterocycles. The SMILES string of the molecule is CC(C)(C)OC(=O)N1CCNCC1.CCCCc1nc2c(NCc3ccc(OC)cc3OC)nc3ccc(Br)cc3c2n1CCCCO[Si](C)(C)C(C)(C)C.CCCCc1nc2c(NCc3ccc(OC)cc3OC)nc3ccc(N4CCN(C(=O)OC(C)(C)C)CC4)cc3c2n1CCCCO[Si](C)(C)C(C)(C)C. The van der Waals surface area contributed by atoms with Crippen molar-refractivity contribution in [2.75, 3.05) is 110 Å². The molecule has 2 saturated heterocycles. The lowest BCUT2D eigenvalue weighted by Gasteiger charge is -2.36. The number of nitrogens with zero attached hydrogens (tertiary/aromatic N) is 9. The molecule has 600 valence electrons. The van der Waals surface area contributed by atoms with Gasteiger partial charge in [0, 0.05) is 149 Å². The number of hydrogen-bond donors (Lipinski definition) is 3. The minimum absolute atomic E-state index is 0.187. The maximum atomic E-state index is 12.8. The van der Waals surface area contributed by atoms with E-state index in [2.05, 4.69) is 158 Å². The van der Waals surface area contributed by atoms with E-state index < -0.39 is 22.2 Å². The fourth-order valence-electron chi connectivity index (χ4n) is 12.6. The minimum atomic E-state index is -1.82. The summed E-state index contributed by atoms with van der Waals surface area (Å²) < 4.78 is 52.0. The number of fused-ring (bicyclic) bond motifs is 6. The van der Waals surface area contributed by atoms with Gasteiger partial charge in [0.25, 0.3) is 0 Å². The van der Waals surface area contributed by atoms with Gasteiger partial charge in [-0.2, -0.15) is 0 Å². The zero-order valence-corrected chi connectivity index (χ0v) is 73.5. The standard InChI is InChI=1S/C42H64N6O5Si.C33H47BrN4O3Si.C9H18N2O2/c1-12-13-16-36-45-37-38(48(36)21-14-15-26-52-54(10,11)42(5,6)7)33-27-31(46-22-24-47(25-23-46)40(49)53-41(2,3)4)18-20-34(33)44-39(37)43-29-30-17-19-32(50-8)28-35(30)51-9;1-9-10-13-29-37-30-31(38(29)18-11-12-19-41-42(7,8)33(2,3)4)26-20-24(34)15-17-27(26)36-32(30)35-22-23-14-16-25(39-5)21-28(23)40-6;1-9(2,3)13-8(12)11-6-4-10-5-7-11/h17-20,27-28H,12-16,21-26,29H2,1-11H3,(H,43,44);14-17,20-21H,9-13,18-19,22H2,1-8H3,(H,35,36);10H,4-7H2,1-3H3. The molecule has 22 nitrogen and oxygen atoms in total. The number of rotatable bonds is 29. The Hall–Kier alpha value is -7.43. The summed E-state index contributed by atoms with van der Waals surface area (Å²) in [5.41, 5.74) is 8.13. The number of nitrogens with one attached hydrogen (secondary N) is 3. The summed E-state index contributed by atoms with van der Waals surface area (Å²) in [5.74, 6) is 6.80. The molecule has 2 fully saturated rings. The van der Waals surface area contributed by atoms with E-state index in [0.29, 0.717) is 26.2 Å². The number of benzene rings is 4. The predicted molar refractivity (Wildman–Crippen MR) is 454 cm³/mol. The molecule has 0 aliphatic carbocycles. The molecule has 8 aromatic rings. The zero-order valence-electron chi connectivity index (χ0n) is 69.9. The third-order valence-corrected chi connectivity index (χ3v) is 30.6. The van der Waals surface area contributed by atoms with Crippen LogP contribution in [0, 0.1) is 0 Å². The maximum Gasteiger partial charge on any atom is 0.410 e. The van der Waals surface area contributed by atoms with Gasteiger partial charge >= 0.3 is 12.2 Å². The van der Waals surface area contributed by atoms with Gasteiger partial charge in [0.2, 0.25) is 0 Å². The van der Waals surface area contributed by atoms with Crippen LogP contribution in [0.25, 0.3) is 43.9 Å². The molecule has 10 rings (SSSR count). The van der Waals surface area contributed by atoms with Crippen molar-refractivity contribution in [1.29, 1.82) is 0 Å². The summed E-state index contributed by atoms with van der Waals surface area (Å²) in [7, 11) is 3.12. The van der Waals surface area contributed by atoms with Gasteiger partial charge in [-0.05, 0) is 177 Å². The lowest BCUT2D eigenvalue weighted by molar-refractivity contribution is 0.0223. The van der Waals surface area contributed by atoms with E-state index >= 15 is 0 Å². The lowest BCUT2D eigenvalue weighted by atomic mass is 10.1. The van der Waals surface area contributed by atoms with Crippen LogP contribution in [-0.4, -0.2) is 173 Å². The summed E-state index contributed by atoms with van der Waals surface area (Å²) in [6.45, 7) is 49.1. The second kappa shape index (κ2) is 38.7. The number of piperazine rings is 2. The van der Waals surface area contributed by atoms with Crippen LogP contribution in [0.1, 0.15) is 171 Å². The highest BCUT2D eigenvalue weighted by atomic mass is 79.9. The first-order chi connectivity index (χ1) is 51.5. The molecule has 0 saturated carbocycles. The maximum absolute atomic E-state index is 12.8. The minimum Gasteiger partial charge on any atom is -0.497 e. The number of hydrogen-bond acceptors (Lipinski definition) is 18. The average molecular weight is 1600 g/mol. The van der Waals surface area contributed by atoms with Crippen molar-refractivity contribution in [3.8, 4) is 23.0 Å². The monoisotopic (exact) mass is 1600 g/mol. The van der Waals surface area contributed by atoms with Crippen LogP contribution < -0.4 is 39.8 Å². The highest BCUT2D eigenvalue weighted by Gasteiger charge is 2.38. The van der Waals surface area contributed by atoms with Gasteiger partial charge in [-0.1, -0.05) is 84.2 Å². The van der Waals surface area contributed by atoms with Gasteiger partial charge in [-0.3, -0.25) is 0 Å². The third kappa shape index (κ3) is 23.8. The zero-order chi connectivity index (χ0) is 79.7. The molecule has 109 heavy (non-hydrogen) atoms. The number of aromatic nitrogens is 6. The quantitative estimate of drug-likeness (QED) is 0.0293. The number of aryl methyl sites for hydroxylation is 4. The number of amides is 2. The van der Waals surface area contributed by atoms with Gasteiger partial charge < -0.3 is 77.1 Å². The van der Waals surface area contributed by atoms with E-state index in [0.717, 1.165) is 241 Å². The van der Waals surface area contributed by atoms with Gasteiger partial charge in [-0.25, -0.2) is 29.5 Å². The number of carbonyl (C=O) groups excluding carboxylic acids is 2. The molecule has 0 spiro atoms. The highest BCUT2D eigenvalue weighted by Crippen LogP contribution is 2.40. The fourth-order valence-corrected chi connectivity index (χ4v) is 15.2. The van der Waals surface area contributed by atoms with Gasteiger partial charge in [0.1, 0.15) is 56.9 Å². The highest BCUT2D eigenvalue weighted by molar-refractivity contribution is 9.10. The van der Waals surface area contributed by atoms with Crippen LogP contribution in [-0.2, 0) is 57.3 Å². The Morgan fingerprint density at radius 3 is 1.33 bits per heavy atom. The smallest absolute Gasteiger partial charge is 0.410 e. The van der Waals surface area contributed by atoms with Crippen molar-refractivity contribution in [2.24, 2.45) is 0 Å². The first kappa shape index (κ1) is 87.2. The van der Waals surface area contributed by atoms with Crippen LogP contribution in [0.15, 0.2) is 77.3 Å². The van der Waals surface area contributed by atoms with E-state index in [-0.39, 0.29) is 27.9 Å². The number of halogens is 1. The fraction of sp³-hybridized carbons (Fsp3) is 0.595. The molecule has 2 aliphatic rings. The Morgan fingerprint density at radius 2 is 0.927 bits per heavy atom. The lowest BCUT2D eigenvalue weighted by Crippen LogP contribution is -2.50. The molecule has 4 aromatic carbocycles. The molecule has 0 atom stereocenters. The number of carbonyl (C=O) groups is 2. The predicted octanol–water partition coefficient (Wildman–Crippen LogP) is 19.4. The molecule has 0 radical (unpaired) electrons. The topological polar surface area (TPSA) is 215 Å². The van der Waals surface area contributed by atoms with Crippen LogP contribution in [0.4, 0.5) is 26.9 Å². The number of imidazole rings is 2. The summed E-state index contributed by atoms with van der Waals surface area (Å²) in [6, 6.07) is 24.6. The van der Waals surface area contributed by atoms with Crippen molar-refractivity contribution in [3.05, 3.63) is 100 Å². The van der Waals surface area contributed by atoms with E-state index in [1.807, 2.05) is 88.9 Å². The van der Waals surface area contributed by atoms with E-state index in [1.54, 1.807) is 33.3 Å². The first-order valence-corrected chi connectivity index (χ1v) is 46.0. The molecular formula is C84H129BrN12O10Si2. The molecule has 2 amide bonds. The Labute approximate surface area is 660 Å². The molecule has 3 N–H and O–H groups in total. The van der Waals surface area contributed by atoms with Crippen LogP contribution in [0.2, 0.25) is 36.3 Å². The van der Waals surface area contributed by atoms with Crippen molar-refractivity contribution in [2.45, 2.75) is 235 Å². The van der Waals surface area contributed by atoms with Gasteiger partial charge in [0.05, 0.1) is 50.5 Å². The number of pyridine rings is 2. The number of unbranched alkanes of at least 4 members (excludes halogenated alkanes) is 4. The van der Waals surface area contributed by atoms with E-state index in [9.17, 15) is 9.59 Å². The van der Waals surface area contributed by atoms with Crippen LogP contribution >= 0.6 is 15.9 Å². The third-order valence-electron chi connectivity index (χ3n) is 21.0. The molecule has 0 bridgehead atoms. The van der Waals surface area contributed by atoms with Crippen molar-refractivity contribution >= 4 is 106 Å². The van der Waals surface area contributed by atoms with Crippen LogP contribution in [0.3, 0.4) is 0 Å². The largest absolute Gasteiger partial charge is 0.497 e. The Kier molecular flexibility index (Phi) is 30.9. The molecule has 25 heteroatoms. The summed E-state index contributed by atoms with van der Waals surface area (Å²) in [4.78, 5) is 51.0. The Balaban J connectivity index is 0.000000240. The number of anilines is 3. The summed E-state index contributed by atoms with van der Waals surface area (Å²) in [6.07, 6.45) is 9.77. The average Bonchev–Trinajstić information content (AvgIpc) is 1.63. The normalized spacial score (nSPS) is 14.0. The summed E-state index contributed by atoms with van der Waals surface area (Å²) >= 11 is 3.70. The van der Waals surface area contributed by atoms with E-state index in [4.69, 9.17) is 57.2 Å². The van der Waals surface area contributed by atoms with Crippen LogP contribution in [0.5, 0.6) is 23.0 Å². The first-order valence-electron chi connectivity index (χ1n) is 39.4. The molecular weight excluding hydrogens is 1470 g/mol. The number of ether oxygens (including phenoxy) is 6. The molecule has 4 aromatic heterocycles. The van der Waals surface area contributed by atoms with Crippen molar-refractivity contribution < 1.29 is 46.9 Å². The van der Waals surface area contributed by atoms with Gasteiger partial charge in [-0.15, -0.1) is 0 Å². The second-order valence-corrected chi connectivity index (χ2v) is 44.1. The van der Waals surface area contributed by atoms with Gasteiger partial charge in [0.15, 0.2) is 28.3 Å². The number of methoxy groups -OCH3 is 4. The second-order valence-electron chi connectivity index (χ2n) is 33.6. The Morgan fingerprint density at radius 1 is 0.505 bits per heavy atom. The van der Waals surface area contributed by atoms with Crippen molar-refractivity contribution in [3.63, 3.8) is 0 Å². The van der Waals surface area contributed by atoms with E-state index in [1.165, 1.54) is 0 Å². The van der Waals surface area contributed by atoms with Crippen molar-refractivity contribution in [1.82, 2.24) is 44.2 Å².